The maximum atomic E-state index is 12.7. The summed E-state index contributed by atoms with van der Waals surface area (Å²) in [5.41, 5.74) is 1.14. The van der Waals surface area contributed by atoms with Crippen molar-refractivity contribution in [3.63, 3.8) is 0 Å². The van der Waals surface area contributed by atoms with Crippen LogP contribution in [0.2, 0.25) is 0 Å². The van der Waals surface area contributed by atoms with E-state index in [2.05, 4.69) is 0 Å². The summed E-state index contributed by atoms with van der Waals surface area (Å²) >= 11 is 0. The Morgan fingerprint density at radius 3 is 2.59 bits per heavy atom. The molecule has 2 heterocycles. The summed E-state index contributed by atoms with van der Waals surface area (Å²) in [6.07, 6.45) is 1.96. The van der Waals surface area contributed by atoms with Crippen molar-refractivity contribution in [3.05, 3.63) is 35.9 Å². The van der Waals surface area contributed by atoms with Crippen molar-refractivity contribution in [3.8, 4) is 0 Å². The van der Waals surface area contributed by atoms with Gasteiger partial charge in [-0.15, -0.1) is 0 Å². The van der Waals surface area contributed by atoms with Gasteiger partial charge in [-0.2, -0.15) is 17.0 Å². The molecule has 0 bridgehead atoms. The molecule has 0 saturated carbocycles. The van der Waals surface area contributed by atoms with Crippen LogP contribution in [0, 0.1) is 5.92 Å². The first-order chi connectivity index (χ1) is 10.5. The van der Waals surface area contributed by atoms with Gasteiger partial charge in [0.25, 0.3) is 10.2 Å². The second-order valence-electron chi connectivity index (χ2n) is 6.44. The third kappa shape index (κ3) is 3.06. The molecule has 0 aliphatic carbocycles. The molecule has 2 aliphatic heterocycles. The van der Waals surface area contributed by atoms with E-state index in [0.717, 1.165) is 18.4 Å². The summed E-state index contributed by atoms with van der Waals surface area (Å²) in [6.45, 7) is 3.17. The standard InChI is InChI=1S/C16H24N2O3S/c1-13-6-5-9-18(13)22(20,21)17-11-15(16(19)12-17)10-14-7-3-2-4-8-14/h2-4,7-8,13,15-16,19H,5-6,9-12H2,1H3/t13?,15-,16-/m1/s1. The van der Waals surface area contributed by atoms with Crippen molar-refractivity contribution < 1.29 is 13.5 Å². The Kier molecular flexibility index (Phi) is 4.54. The maximum Gasteiger partial charge on any atom is 0.282 e. The normalized spacial score (nSPS) is 30.9. The lowest BCUT2D eigenvalue weighted by Gasteiger charge is -2.26. The van der Waals surface area contributed by atoms with Gasteiger partial charge in [0.1, 0.15) is 0 Å². The Balaban J connectivity index is 1.70. The summed E-state index contributed by atoms with van der Waals surface area (Å²) in [6, 6.07) is 10.0. The highest BCUT2D eigenvalue weighted by Gasteiger charge is 2.42. The van der Waals surface area contributed by atoms with E-state index in [0.29, 0.717) is 19.5 Å². The van der Waals surface area contributed by atoms with Crippen LogP contribution < -0.4 is 0 Å². The smallest absolute Gasteiger partial charge is 0.282 e. The van der Waals surface area contributed by atoms with Gasteiger partial charge in [0.15, 0.2) is 0 Å². The van der Waals surface area contributed by atoms with Gasteiger partial charge < -0.3 is 5.11 Å². The monoisotopic (exact) mass is 324 g/mol. The number of β-amino-alcohol motifs (C(OH)–C–C–N with tert-alkyl or cyclic N) is 1. The van der Waals surface area contributed by atoms with Gasteiger partial charge in [0.05, 0.1) is 6.10 Å². The molecule has 2 aliphatic rings. The summed E-state index contributed by atoms with van der Waals surface area (Å²) < 4.78 is 28.5. The molecule has 0 spiro atoms. The molecular weight excluding hydrogens is 300 g/mol. The molecule has 0 radical (unpaired) electrons. The van der Waals surface area contributed by atoms with Gasteiger partial charge in [-0.05, 0) is 31.7 Å². The van der Waals surface area contributed by atoms with Crippen LogP contribution in [0.5, 0.6) is 0 Å². The van der Waals surface area contributed by atoms with Gasteiger partial charge in [-0.1, -0.05) is 30.3 Å². The van der Waals surface area contributed by atoms with Gasteiger partial charge in [0, 0.05) is 31.6 Å². The van der Waals surface area contributed by atoms with Gasteiger partial charge in [-0.25, -0.2) is 0 Å². The molecule has 2 fully saturated rings. The number of hydrogen-bond donors (Lipinski definition) is 1. The lowest BCUT2D eigenvalue weighted by Crippen LogP contribution is -2.44. The first kappa shape index (κ1) is 15.9. The van der Waals surface area contributed by atoms with Gasteiger partial charge in [0.2, 0.25) is 0 Å². The summed E-state index contributed by atoms with van der Waals surface area (Å²) in [5.74, 6) is -0.0323. The Labute approximate surface area is 132 Å². The van der Waals surface area contributed by atoms with Crippen LogP contribution in [-0.4, -0.2) is 53.9 Å². The average molecular weight is 324 g/mol. The number of nitrogens with zero attached hydrogens (tertiary/aromatic N) is 2. The molecule has 5 nitrogen and oxygen atoms in total. The van der Waals surface area contributed by atoms with E-state index in [4.69, 9.17) is 0 Å². The zero-order valence-electron chi connectivity index (χ0n) is 12.9. The molecule has 22 heavy (non-hydrogen) atoms. The van der Waals surface area contributed by atoms with Crippen molar-refractivity contribution in [2.45, 2.75) is 38.3 Å². The van der Waals surface area contributed by atoms with Crippen LogP contribution in [-0.2, 0) is 16.6 Å². The van der Waals surface area contributed by atoms with Crippen LogP contribution in [0.3, 0.4) is 0 Å². The Morgan fingerprint density at radius 2 is 1.95 bits per heavy atom. The lowest BCUT2D eigenvalue weighted by atomic mass is 9.97. The van der Waals surface area contributed by atoms with Crippen molar-refractivity contribution in [2.24, 2.45) is 5.92 Å². The minimum Gasteiger partial charge on any atom is -0.391 e. The van der Waals surface area contributed by atoms with E-state index in [9.17, 15) is 13.5 Å². The second-order valence-corrected chi connectivity index (χ2v) is 8.32. The zero-order chi connectivity index (χ0) is 15.7. The van der Waals surface area contributed by atoms with Crippen molar-refractivity contribution in [1.82, 2.24) is 8.61 Å². The fraction of sp³-hybridized carbons (Fsp3) is 0.625. The number of aliphatic hydroxyl groups is 1. The molecule has 1 aromatic carbocycles. The minimum absolute atomic E-state index is 0.0323. The highest BCUT2D eigenvalue weighted by Crippen LogP contribution is 2.29. The van der Waals surface area contributed by atoms with Crippen molar-refractivity contribution >= 4 is 10.2 Å². The molecule has 122 valence electrons. The number of aliphatic hydroxyl groups excluding tert-OH is 1. The predicted octanol–water partition coefficient (Wildman–Crippen LogP) is 1.25. The molecule has 1 unspecified atom stereocenters. The molecule has 0 amide bonds. The largest absolute Gasteiger partial charge is 0.391 e. The second kappa shape index (κ2) is 6.28. The van der Waals surface area contributed by atoms with Crippen LogP contribution in [0.1, 0.15) is 25.3 Å². The Bertz CT molecular complexity index is 605. The average Bonchev–Trinajstić information content (AvgIpc) is 3.08. The minimum atomic E-state index is -3.44. The highest BCUT2D eigenvalue weighted by molar-refractivity contribution is 7.86. The molecule has 3 atom stereocenters. The van der Waals surface area contributed by atoms with Gasteiger partial charge in [-0.3, -0.25) is 0 Å². The molecule has 1 aromatic rings. The van der Waals surface area contributed by atoms with E-state index >= 15 is 0 Å². The summed E-state index contributed by atoms with van der Waals surface area (Å²) in [4.78, 5) is 0. The van der Waals surface area contributed by atoms with Crippen LogP contribution >= 0.6 is 0 Å². The first-order valence-electron chi connectivity index (χ1n) is 7.97. The van der Waals surface area contributed by atoms with Gasteiger partial charge >= 0.3 is 0 Å². The summed E-state index contributed by atoms with van der Waals surface area (Å²) in [5, 5.41) is 10.3. The van der Waals surface area contributed by atoms with E-state index in [1.165, 1.54) is 4.31 Å². The molecule has 6 heteroatoms. The zero-order valence-corrected chi connectivity index (χ0v) is 13.7. The van der Waals surface area contributed by atoms with Crippen LogP contribution in [0.4, 0.5) is 0 Å². The molecule has 0 aromatic heterocycles. The molecule has 2 saturated heterocycles. The molecule has 1 N–H and O–H groups in total. The summed E-state index contributed by atoms with van der Waals surface area (Å²) in [7, 11) is -3.44. The Hall–Kier alpha value is -0.950. The molecule has 3 rings (SSSR count). The van der Waals surface area contributed by atoms with E-state index in [-0.39, 0.29) is 18.5 Å². The SMILES string of the molecule is CC1CCCN1S(=O)(=O)N1C[C@@H](Cc2ccccc2)[C@H](O)C1. The maximum absolute atomic E-state index is 12.7. The highest BCUT2D eigenvalue weighted by atomic mass is 32.2. The number of benzene rings is 1. The predicted molar refractivity (Wildman–Crippen MR) is 85.5 cm³/mol. The van der Waals surface area contributed by atoms with Crippen molar-refractivity contribution in [1.29, 1.82) is 0 Å². The van der Waals surface area contributed by atoms with Crippen LogP contribution in [0.25, 0.3) is 0 Å². The Morgan fingerprint density at radius 1 is 1.23 bits per heavy atom. The number of rotatable bonds is 4. The van der Waals surface area contributed by atoms with E-state index in [1.54, 1.807) is 4.31 Å². The molecular formula is C16H24N2O3S. The fourth-order valence-corrected chi connectivity index (χ4v) is 5.46. The fourth-order valence-electron chi connectivity index (χ4n) is 3.52. The van der Waals surface area contributed by atoms with Crippen LogP contribution in [0.15, 0.2) is 30.3 Å². The quantitative estimate of drug-likeness (QED) is 0.907. The topological polar surface area (TPSA) is 60.9 Å². The third-order valence-electron chi connectivity index (χ3n) is 4.83. The first-order valence-corrected chi connectivity index (χ1v) is 9.37. The van der Waals surface area contributed by atoms with E-state index in [1.807, 2.05) is 37.3 Å². The lowest BCUT2D eigenvalue weighted by molar-refractivity contribution is 0.145. The van der Waals surface area contributed by atoms with E-state index < -0.39 is 16.3 Å². The third-order valence-corrected chi connectivity index (χ3v) is 6.91. The number of hydrogen-bond acceptors (Lipinski definition) is 3. The van der Waals surface area contributed by atoms with Crippen molar-refractivity contribution in [2.75, 3.05) is 19.6 Å².